The Kier molecular flexibility index (Phi) is 3.86. The van der Waals surface area contributed by atoms with Gasteiger partial charge in [0.25, 0.3) is 0 Å². The average Bonchev–Trinajstić information content (AvgIpc) is 2.20. The van der Waals surface area contributed by atoms with Crippen LogP contribution >= 0.6 is 15.9 Å². The number of halogens is 3. The SMILES string of the molecule is COc1cc(F)c(F)cc1C(C)CBr. The third-order valence-corrected chi connectivity index (χ3v) is 3.01. The number of rotatable bonds is 3. The number of alkyl halides is 1. The molecule has 0 aromatic heterocycles. The molecule has 1 rings (SSSR count). The molecular weight excluding hydrogens is 254 g/mol. The van der Waals surface area contributed by atoms with Crippen LogP contribution < -0.4 is 4.74 Å². The lowest BCUT2D eigenvalue weighted by atomic mass is 10.0. The van der Waals surface area contributed by atoms with E-state index in [1.54, 1.807) is 0 Å². The predicted molar refractivity (Wildman–Crippen MR) is 55.1 cm³/mol. The zero-order valence-electron chi connectivity index (χ0n) is 7.98. The second-order valence-electron chi connectivity index (χ2n) is 3.06. The van der Waals surface area contributed by atoms with Gasteiger partial charge in [-0.2, -0.15) is 0 Å². The van der Waals surface area contributed by atoms with Crippen molar-refractivity contribution in [2.75, 3.05) is 12.4 Å². The quantitative estimate of drug-likeness (QED) is 0.760. The summed E-state index contributed by atoms with van der Waals surface area (Å²) < 4.78 is 30.8. The van der Waals surface area contributed by atoms with Gasteiger partial charge < -0.3 is 4.74 Å². The van der Waals surface area contributed by atoms with E-state index in [1.165, 1.54) is 13.2 Å². The standard InChI is InChI=1S/C10H11BrF2O/c1-6(5-11)7-3-8(12)9(13)4-10(7)14-2/h3-4,6H,5H2,1-2H3. The number of benzene rings is 1. The highest BCUT2D eigenvalue weighted by Gasteiger charge is 2.14. The van der Waals surface area contributed by atoms with Crippen LogP contribution in [0.15, 0.2) is 12.1 Å². The first-order valence-corrected chi connectivity index (χ1v) is 5.31. The van der Waals surface area contributed by atoms with Crippen molar-refractivity contribution < 1.29 is 13.5 Å². The molecule has 1 aromatic rings. The monoisotopic (exact) mass is 264 g/mol. The van der Waals surface area contributed by atoms with Gasteiger partial charge in [0.15, 0.2) is 11.6 Å². The molecule has 0 saturated carbocycles. The van der Waals surface area contributed by atoms with E-state index in [0.29, 0.717) is 16.6 Å². The Morgan fingerprint density at radius 1 is 1.36 bits per heavy atom. The average molecular weight is 265 g/mol. The molecule has 0 aliphatic rings. The third kappa shape index (κ3) is 2.23. The summed E-state index contributed by atoms with van der Waals surface area (Å²) in [6, 6.07) is 2.25. The summed E-state index contributed by atoms with van der Waals surface area (Å²) in [6.45, 7) is 1.91. The van der Waals surface area contributed by atoms with E-state index in [0.717, 1.165) is 6.07 Å². The number of ether oxygens (including phenoxy) is 1. The van der Waals surface area contributed by atoms with E-state index in [-0.39, 0.29) is 5.92 Å². The molecule has 1 nitrogen and oxygen atoms in total. The van der Waals surface area contributed by atoms with Crippen LogP contribution in [0.4, 0.5) is 8.78 Å². The van der Waals surface area contributed by atoms with E-state index < -0.39 is 11.6 Å². The van der Waals surface area contributed by atoms with Gasteiger partial charge in [-0.25, -0.2) is 8.78 Å². The van der Waals surface area contributed by atoms with E-state index in [1.807, 2.05) is 6.92 Å². The van der Waals surface area contributed by atoms with Crippen LogP contribution in [0, 0.1) is 11.6 Å². The fourth-order valence-electron chi connectivity index (χ4n) is 1.19. The lowest BCUT2D eigenvalue weighted by Gasteiger charge is -2.13. The molecular formula is C10H11BrF2O. The highest BCUT2D eigenvalue weighted by Crippen LogP contribution is 2.29. The first-order valence-electron chi connectivity index (χ1n) is 4.19. The van der Waals surface area contributed by atoms with Gasteiger partial charge in [0.1, 0.15) is 5.75 Å². The molecule has 1 atom stereocenters. The van der Waals surface area contributed by atoms with Crippen molar-refractivity contribution in [3.63, 3.8) is 0 Å². The summed E-state index contributed by atoms with van der Waals surface area (Å²) >= 11 is 3.29. The van der Waals surface area contributed by atoms with Crippen LogP contribution in [0.1, 0.15) is 18.4 Å². The minimum Gasteiger partial charge on any atom is -0.496 e. The second kappa shape index (κ2) is 4.73. The van der Waals surface area contributed by atoms with Crippen molar-refractivity contribution in [2.45, 2.75) is 12.8 Å². The Balaban J connectivity index is 3.19. The van der Waals surface area contributed by atoms with Crippen molar-refractivity contribution >= 4 is 15.9 Å². The van der Waals surface area contributed by atoms with Gasteiger partial charge in [0, 0.05) is 17.0 Å². The van der Waals surface area contributed by atoms with Gasteiger partial charge in [-0.15, -0.1) is 0 Å². The number of hydrogen-bond acceptors (Lipinski definition) is 1. The minimum atomic E-state index is -0.882. The largest absolute Gasteiger partial charge is 0.496 e. The van der Waals surface area contributed by atoms with Gasteiger partial charge in [-0.05, 0) is 12.0 Å². The molecule has 1 aromatic carbocycles. The molecule has 1 unspecified atom stereocenters. The van der Waals surface area contributed by atoms with Gasteiger partial charge in [0.05, 0.1) is 7.11 Å². The molecule has 0 N–H and O–H groups in total. The number of methoxy groups -OCH3 is 1. The van der Waals surface area contributed by atoms with Crippen molar-refractivity contribution in [1.29, 1.82) is 0 Å². The van der Waals surface area contributed by atoms with Gasteiger partial charge in [0.2, 0.25) is 0 Å². The topological polar surface area (TPSA) is 9.23 Å². The van der Waals surface area contributed by atoms with Crippen molar-refractivity contribution in [1.82, 2.24) is 0 Å². The molecule has 0 saturated heterocycles. The Labute approximate surface area is 90.2 Å². The third-order valence-electron chi connectivity index (χ3n) is 2.04. The Bertz CT molecular complexity index is 328. The summed E-state index contributed by atoms with van der Waals surface area (Å²) in [7, 11) is 1.44. The summed E-state index contributed by atoms with van der Waals surface area (Å²) in [5.41, 5.74) is 0.670. The van der Waals surface area contributed by atoms with Gasteiger partial charge in [-0.3, -0.25) is 0 Å². The molecule has 0 bridgehead atoms. The second-order valence-corrected chi connectivity index (χ2v) is 3.71. The smallest absolute Gasteiger partial charge is 0.162 e. The first-order chi connectivity index (χ1) is 6.60. The fourth-order valence-corrected chi connectivity index (χ4v) is 1.54. The summed E-state index contributed by atoms with van der Waals surface area (Å²) in [4.78, 5) is 0. The van der Waals surface area contributed by atoms with E-state index in [4.69, 9.17) is 4.74 Å². The molecule has 0 aliphatic heterocycles. The van der Waals surface area contributed by atoms with Crippen LogP contribution in [0.25, 0.3) is 0 Å². The van der Waals surface area contributed by atoms with Crippen LogP contribution in [0.3, 0.4) is 0 Å². The van der Waals surface area contributed by atoms with Crippen LogP contribution in [-0.4, -0.2) is 12.4 Å². The van der Waals surface area contributed by atoms with Gasteiger partial charge >= 0.3 is 0 Å². The molecule has 4 heteroatoms. The Morgan fingerprint density at radius 2 is 1.93 bits per heavy atom. The summed E-state index contributed by atoms with van der Waals surface area (Å²) in [5, 5.41) is 0.675. The molecule has 14 heavy (non-hydrogen) atoms. The molecule has 0 spiro atoms. The molecule has 0 fully saturated rings. The molecule has 78 valence electrons. The maximum atomic E-state index is 12.9. The van der Waals surface area contributed by atoms with Crippen molar-refractivity contribution in [3.05, 3.63) is 29.3 Å². The highest BCUT2D eigenvalue weighted by atomic mass is 79.9. The molecule has 0 aliphatic carbocycles. The van der Waals surface area contributed by atoms with Crippen LogP contribution in [0.2, 0.25) is 0 Å². The minimum absolute atomic E-state index is 0.0834. The van der Waals surface area contributed by atoms with Crippen LogP contribution in [0.5, 0.6) is 5.75 Å². The fraction of sp³-hybridized carbons (Fsp3) is 0.400. The molecule has 0 radical (unpaired) electrons. The van der Waals surface area contributed by atoms with E-state index in [2.05, 4.69) is 15.9 Å². The molecule has 0 heterocycles. The Hall–Kier alpha value is -0.640. The van der Waals surface area contributed by atoms with Gasteiger partial charge in [-0.1, -0.05) is 22.9 Å². The maximum absolute atomic E-state index is 12.9. The zero-order valence-corrected chi connectivity index (χ0v) is 9.57. The lowest BCUT2D eigenvalue weighted by Crippen LogP contribution is -2.01. The van der Waals surface area contributed by atoms with Crippen molar-refractivity contribution in [2.24, 2.45) is 0 Å². The lowest BCUT2D eigenvalue weighted by molar-refractivity contribution is 0.398. The molecule has 0 amide bonds. The van der Waals surface area contributed by atoms with Crippen molar-refractivity contribution in [3.8, 4) is 5.75 Å². The zero-order chi connectivity index (χ0) is 10.7. The van der Waals surface area contributed by atoms with E-state index in [9.17, 15) is 8.78 Å². The first kappa shape index (κ1) is 11.4. The highest BCUT2D eigenvalue weighted by molar-refractivity contribution is 9.09. The number of hydrogen-bond donors (Lipinski definition) is 0. The predicted octanol–water partition coefficient (Wildman–Crippen LogP) is 3.47. The summed E-state index contributed by atoms with van der Waals surface area (Å²) in [5.74, 6) is -1.25. The summed E-state index contributed by atoms with van der Waals surface area (Å²) in [6.07, 6.45) is 0. The normalized spacial score (nSPS) is 12.6. The van der Waals surface area contributed by atoms with E-state index >= 15 is 0 Å². The van der Waals surface area contributed by atoms with Crippen LogP contribution in [-0.2, 0) is 0 Å². The Morgan fingerprint density at radius 3 is 2.43 bits per heavy atom. The maximum Gasteiger partial charge on any atom is 0.162 e.